The van der Waals surface area contributed by atoms with Crippen molar-refractivity contribution in [3.63, 3.8) is 0 Å². The summed E-state index contributed by atoms with van der Waals surface area (Å²) < 4.78 is 34.3. The van der Waals surface area contributed by atoms with Crippen LogP contribution in [0.3, 0.4) is 0 Å². The zero-order valence-corrected chi connectivity index (χ0v) is 37.9. The van der Waals surface area contributed by atoms with Gasteiger partial charge < -0.3 is 55.2 Å². The van der Waals surface area contributed by atoms with E-state index >= 15 is 0 Å². The Morgan fingerprint density at radius 2 is 1.39 bits per heavy atom. The smallest absolute Gasteiger partial charge is 0.462 e. The number of aliphatic hydroxyl groups excluding tert-OH is 8. The molecule has 1 fully saturated rings. The molecule has 1 saturated carbocycles. The average molecular weight is 907 g/mol. The van der Waals surface area contributed by atoms with Gasteiger partial charge in [-0.2, -0.15) is 0 Å². The summed E-state index contributed by atoms with van der Waals surface area (Å²) in [6.45, 7) is 2.78. The number of allylic oxidation sites excluding steroid dienone is 3. The zero-order chi connectivity index (χ0) is 45.9. The van der Waals surface area contributed by atoms with Crippen molar-refractivity contribution in [3.05, 3.63) is 36.5 Å². The van der Waals surface area contributed by atoms with E-state index < -0.39 is 112 Å². The van der Waals surface area contributed by atoms with Crippen molar-refractivity contribution in [1.29, 1.82) is 0 Å². The lowest BCUT2D eigenvalue weighted by Gasteiger charge is -2.37. The highest BCUT2D eigenvalue weighted by atomic mass is 31.2. The molecule has 17 heteroatoms. The van der Waals surface area contributed by atoms with Gasteiger partial charge in [-0.15, -0.1) is 0 Å². The van der Waals surface area contributed by atoms with E-state index in [1.54, 1.807) is 0 Å². The van der Waals surface area contributed by atoms with E-state index in [1.165, 1.54) is 62.8 Å². The van der Waals surface area contributed by atoms with Crippen LogP contribution in [0.25, 0.3) is 0 Å². The summed E-state index contributed by atoms with van der Waals surface area (Å²) in [6, 6.07) is 0. The SMILES string of the molecule is CCCCCCCC/C=C\CCCCCCCC(=O)OC[C@@H]1COP(=O)(O)O[C@H]2[C@H](O)[C@@H](O)[C@H](O)[C@H](C/C=C\CC(=O)O1)[C@@H](O)C[C@@H](O)[C@H](/C=C\[C@H](O)CCCCC)[C@@H](O)[C@H]2O. The molecule has 2 rings (SSSR count). The summed E-state index contributed by atoms with van der Waals surface area (Å²) >= 11 is 0. The summed E-state index contributed by atoms with van der Waals surface area (Å²) in [5.74, 6) is -4.25. The van der Waals surface area contributed by atoms with Gasteiger partial charge in [0.15, 0.2) is 6.10 Å². The number of esters is 2. The van der Waals surface area contributed by atoms with E-state index in [1.807, 2.05) is 6.92 Å². The van der Waals surface area contributed by atoms with Crippen LogP contribution < -0.4 is 0 Å². The number of cyclic esters (lactones) is 1. The van der Waals surface area contributed by atoms with Gasteiger partial charge >= 0.3 is 19.8 Å². The molecule has 0 aromatic rings. The molecule has 1 heterocycles. The molecule has 2 aliphatic rings. The highest BCUT2D eigenvalue weighted by Crippen LogP contribution is 2.47. The van der Waals surface area contributed by atoms with Crippen LogP contribution in [0.1, 0.15) is 149 Å². The third-order valence-corrected chi connectivity index (χ3v) is 12.5. The topological polar surface area (TPSA) is 270 Å². The third-order valence-electron chi connectivity index (χ3n) is 11.5. The highest BCUT2D eigenvalue weighted by Gasteiger charge is 2.49. The van der Waals surface area contributed by atoms with Gasteiger partial charge in [0.25, 0.3) is 0 Å². The number of fused-ring (bicyclic) bond motifs is 4. The van der Waals surface area contributed by atoms with Crippen molar-refractivity contribution in [3.8, 4) is 0 Å². The Bertz CT molecular complexity index is 1360. The van der Waals surface area contributed by atoms with Gasteiger partial charge in [0.2, 0.25) is 0 Å². The van der Waals surface area contributed by atoms with Crippen LogP contribution in [0.5, 0.6) is 0 Å². The maximum absolute atomic E-state index is 13.4. The summed E-state index contributed by atoms with van der Waals surface area (Å²) in [5.41, 5.74) is 0. The minimum Gasteiger partial charge on any atom is -0.462 e. The molecule has 0 aromatic heterocycles. The molecule has 9 N–H and O–H groups in total. The van der Waals surface area contributed by atoms with Crippen LogP contribution in [0, 0.1) is 11.8 Å². The first kappa shape index (κ1) is 56.1. The molecule has 0 amide bonds. The van der Waals surface area contributed by atoms with Crippen molar-refractivity contribution >= 4 is 19.8 Å². The molecule has 0 radical (unpaired) electrons. The molecule has 0 aromatic carbocycles. The highest BCUT2D eigenvalue weighted by molar-refractivity contribution is 7.47. The number of hydrogen-bond acceptors (Lipinski definition) is 15. The second-order valence-corrected chi connectivity index (χ2v) is 18.3. The van der Waals surface area contributed by atoms with Crippen molar-refractivity contribution in [2.45, 2.75) is 210 Å². The maximum atomic E-state index is 13.4. The van der Waals surface area contributed by atoms with E-state index in [2.05, 4.69) is 19.1 Å². The van der Waals surface area contributed by atoms with Gasteiger partial charge in [0.1, 0.15) is 31.0 Å². The molecule has 2 bridgehead atoms. The lowest BCUT2D eigenvalue weighted by molar-refractivity contribution is -0.167. The summed E-state index contributed by atoms with van der Waals surface area (Å²) in [7, 11) is -5.42. The van der Waals surface area contributed by atoms with E-state index in [-0.39, 0.29) is 19.3 Å². The number of aliphatic hydroxyl groups is 8. The minimum atomic E-state index is -5.42. The van der Waals surface area contributed by atoms with E-state index in [0.717, 1.165) is 51.4 Å². The Balaban J connectivity index is 2.12. The van der Waals surface area contributed by atoms with E-state index in [0.29, 0.717) is 19.3 Å². The Morgan fingerprint density at radius 3 is 2.05 bits per heavy atom. The Kier molecular flexibility index (Phi) is 28.7. The Morgan fingerprint density at radius 1 is 0.790 bits per heavy atom. The van der Waals surface area contributed by atoms with Gasteiger partial charge in [-0.1, -0.05) is 121 Å². The van der Waals surface area contributed by atoms with E-state index in [9.17, 15) is 59.9 Å². The normalized spacial score (nSPS) is 33.1. The van der Waals surface area contributed by atoms with Gasteiger partial charge in [0.05, 0.1) is 43.5 Å². The first-order valence-electron chi connectivity index (χ1n) is 23.0. The fourth-order valence-electron chi connectivity index (χ4n) is 7.67. The lowest BCUT2D eigenvalue weighted by atomic mass is 9.83. The van der Waals surface area contributed by atoms with Crippen molar-refractivity contribution in [2.24, 2.45) is 11.8 Å². The van der Waals surface area contributed by atoms with Gasteiger partial charge in [-0.3, -0.25) is 18.6 Å². The fourth-order valence-corrected chi connectivity index (χ4v) is 8.64. The number of carbonyl (C=O) groups excluding carboxylic acids is 2. The largest absolute Gasteiger partial charge is 0.472 e. The molecule has 360 valence electrons. The number of carbonyl (C=O) groups is 2. The van der Waals surface area contributed by atoms with Gasteiger partial charge in [-0.05, 0) is 44.9 Å². The monoisotopic (exact) mass is 907 g/mol. The second kappa shape index (κ2) is 31.8. The molecule has 1 aliphatic heterocycles. The first-order chi connectivity index (χ1) is 29.6. The zero-order valence-electron chi connectivity index (χ0n) is 37.0. The Labute approximate surface area is 368 Å². The van der Waals surface area contributed by atoms with Crippen LogP contribution in [-0.4, -0.2) is 132 Å². The Hall–Kier alpha value is -2.05. The molecular weight excluding hydrogens is 827 g/mol. The molecule has 0 saturated heterocycles. The minimum absolute atomic E-state index is 0.0910. The van der Waals surface area contributed by atoms with Crippen LogP contribution in [-0.2, 0) is 32.7 Å². The maximum Gasteiger partial charge on any atom is 0.472 e. The molecule has 62 heavy (non-hydrogen) atoms. The van der Waals surface area contributed by atoms with Crippen molar-refractivity contribution in [1.82, 2.24) is 0 Å². The lowest BCUT2D eigenvalue weighted by Crippen LogP contribution is -2.55. The number of phosphoric acid groups is 1. The molecule has 16 nitrogen and oxygen atoms in total. The van der Waals surface area contributed by atoms with Crippen molar-refractivity contribution < 1.29 is 78.4 Å². The average Bonchev–Trinajstić information content (AvgIpc) is 3.23. The van der Waals surface area contributed by atoms with Gasteiger partial charge in [0, 0.05) is 24.7 Å². The van der Waals surface area contributed by atoms with Crippen LogP contribution in [0.15, 0.2) is 36.5 Å². The predicted molar refractivity (Wildman–Crippen MR) is 232 cm³/mol. The number of phosphoric ester groups is 1. The van der Waals surface area contributed by atoms with Gasteiger partial charge in [-0.25, -0.2) is 4.57 Å². The second-order valence-electron chi connectivity index (χ2n) is 16.9. The number of hydrogen-bond donors (Lipinski definition) is 9. The number of ether oxygens (including phenoxy) is 2. The molecule has 13 atom stereocenters. The third kappa shape index (κ3) is 22.2. The van der Waals surface area contributed by atoms with Crippen LogP contribution in [0.4, 0.5) is 0 Å². The molecule has 1 aliphatic carbocycles. The molecular formula is C45H79O16P. The summed E-state index contributed by atoms with van der Waals surface area (Å²) in [6.07, 6.45) is 6.57. The summed E-state index contributed by atoms with van der Waals surface area (Å²) in [5, 5.41) is 89.4. The number of rotatable bonds is 23. The van der Waals surface area contributed by atoms with Crippen molar-refractivity contribution in [2.75, 3.05) is 13.2 Å². The standard InChI is InChI=1S/C45H79O16P/c1-3-5-7-8-9-10-11-12-13-14-15-16-17-18-20-25-38(49)58-30-33-31-59-62(56,57)61-45-43(54)41(52)35(28-27-32(46)23-19-6-4-2)37(48)29-36(47)34(40(51)42(53)44(45)55)24-21-22-26-39(50)60-33/h12-13,21-22,27-28,32-37,40-48,51-55H,3-11,14-20,23-26,29-31H2,1-2H3,(H,56,57)/b13-12-,22-21-,28-27-/t32-,33-,34-,35+,36+,37-,40-,41-,42+,43-,44-,45-/m1/s1. The predicted octanol–water partition coefficient (Wildman–Crippen LogP) is 4.99. The van der Waals surface area contributed by atoms with Crippen LogP contribution in [0.2, 0.25) is 0 Å². The molecule has 0 spiro atoms. The van der Waals surface area contributed by atoms with Crippen LogP contribution >= 0.6 is 7.82 Å². The molecule has 1 unspecified atom stereocenters. The quantitative estimate of drug-likeness (QED) is 0.0283. The first-order valence-corrected chi connectivity index (χ1v) is 24.5. The van der Waals surface area contributed by atoms with E-state index in [4.69, 9.17) is 18.5 Å². The summed E-state index contributed by atoms with van der Waals surface area (Å²) in [4.78, 5) is 36.2. The fraction of sp³-hybridized carbons (Fsp3) is 0.822. The number of unbranched alkanes of at least 4 members (excludes halogenated alkanes) is 13.